The summed E-state index contributed by atoms with van der Waals surface area (Å²) >= 11 is 0. The SMILES string of the molecule is CCCOC(=O)CCN1CCN(c2ccc3c(c2)C2C[C@H]3CCN2C(=O)OCc2ccccc2)CC1. The first-order valence-electron chi connectivity index (χ1n) is 13.4. The highest BCUT2D eigenvalue weighted by molar-refractivity contribution is 5.70. The van der Waals surface area contributed by atoms with E-state index in [1.165, 1.54) is 16.8 Å². The van der Waals surface area contributed by atoms with Gasteiger partial charge < -0.3 is 19.3 Å². The maximum absolute atomic E-state index is 13.0. The number of rotatable bonds is 8. The molecule has 5 rings (SSSR count). The van der Waals surface area contributed by atoms with E-state index in [-0.39, 0.29) is 18.1 Å². The minimum absolute atomic E-state index is 0.0948. The first kappa shape index (κ1) is 24.6. The molecular weight excluding hydrogens is 454 g/mol. The number of fused-ring (bicyclic) bond motifs is 5. The summed E-state index contributed by atoms with van der Waals surface area (Å²) in [5, 5.41) is 0. The minimum Gasteiger partial charge on any atom is -0.466 e. The van der Waals surface area contributed by atoms with Crippen LogP contribution in [0.2, 0.25) is 0 Å². The maximum Gasteiger partial charge on any atom is 0.410 e. The van der Waals surface area contributed by atoms with Crippen LogP contribution in [0.3, 0.4) is 0 Å². The number of nitrogens with zero attached hydrogens (tertiary/aromatic N) is 3. The lowest BCUT2D eigenvalue weighted by molar-refractivity contribution is -0.144. The molecule has 2 heterocycles. The lowest BCUT2D eigenvalue weighted by Crippen LogP contribution is -2.47. The highest BCUT2D eigenvalue weighted by atomic mass is 16.6. The van der Waals surface area contributed by atoms with Crippen LogP contribution in [0.4, 0.5) is 10.5 Å². The smallest absolute Gasteiger partial charge is 0.410 e. The van der Waals surface area contributed by atoms with Crippen molar-refractivity contribution in [1.82, 2.24) is 9.80 Å². The van der Waals surface area contributed by atoms with Crippen molar-refractivity contribution in [3.8, 4) is 0 Å². The van der Waals surface area contributed by atoms with Crippen molar-refractivity contribution in [2.75, 3.05) is 50.8 Å². The predicted molar refractivity (Wildman–Crippen MR) is 139 cm³/mol. The summed E-state index contributed by atoms with van der Waals surface area (Å²) in [6, 6.07) is 16.8. The van der Waals surface area contributed by atoms with Crippen molar-refractivity contribution in [1.29, 1.82) is 0 Å². The monoisotopic (exact) mass is 491 g/mol. The second kappa shape index (κ2) is 11.3. The maximum atomic E-state index is 13.0. The molecule has 3 aliphatic rings. The van der Waals surface area contributed by atoms with Gasteiger partial charge in [-0.25, -0.2) is 4.79 Å². The number of carbonyl (C=O) groups is 2. The number of ether oxygens (including phenoxy) is 2. The molecule has 192 valence electrons. The normalized spacial score (nSPS) is 21.2. The molecular formula is C29H37N3O4. The first-order chi connectivity index (χ1) is 17.6. The molecule has 7 nitrogen and oxygen atoms in total. The van der Waals surface area contributed by atoms with Crippen molar-refractivity contribution >= 4 is 17.7 Å². The number of carbonyl (C=O) groups excluding carboxylic acids is 2. The molecule has 0 radical (unpaired) electrons. The standard InChI is InChI=1S/C29H37N3O4/c1-2-18-35-28(33)11-12-30-14-16-31(17-15-30)24-8-9-25-23-10-13-32(27(19-23)26(25)20-24)29(34)36-21-22-6-4-3-5-7-22/h3-9,20,23,27H,2,10-19,21H2,1H3/t23-,27?/m1/s1. The Hall–Kier alpha value is -3.06. The van der Waals surface area contributed by atoms with Gasteiger partial charge in [-0.15, -0.1) is 0 Å². The van der Waals surface area contributed by atoms with Crippen LogP contribution in [0.5, 0.6) is 0 Å². The number of hydrogen-bond donors (Lipinski definition) is 0. The Kier molecular flexibility index (Phi) is 7.75. The molecule has 1 amide bonds. The van der Waals surface area contributed by atoms with Crippen LogP contribution in [0.15, 0.2) is 48.5 Å². The molecule has 2 fully saturated rings. The zero-order valence-corrected chi connectivity index (χ0v) is 21.2. The van der Waals surface area contributed by atoms with Gasteiger partial charge in [0.05, 0.1) is 19.1 Å². The van der Waals surface area contributed by atoms with E-state index >= 15 is 0 Å². The molecule has 1 unspecified atom stereocenters. The van der Waals surface area contributed by atoms with Crippen LogP contribution in [0.1, 0.15) is 61.3 Å². The van der Waals surface area contributed by atoms with E-state index in [4.69, 9.17) is 9.47 Å². The fraction of sp³-hybridized carbons (Fsp3) is 0.517. The van der Waals surface area contributed by atoms with Crippen molar-refractivity contribution < 1.29 is 19.1 Å². The van der Waals surface area contributed by atoms with E-state index in [1.54, 1.807) is 0 Å². The highest BCUT2D eigenvalue weighted by Crippen LogP contribution is 2.50. The molecule has 0 spiro atoms. The van der Waals surface area contributed by atoms with Crippen LogP contribution in [0, 0.1) is 0 Å². The zero-order chi connectivity index (χ0) is 24.9. The molecule has 2 aromatic carbocycles. The summed E-state index contributed by atoms with van der Waals surface area (Å²) in [6.07, 6.45) is 3.08. The van der Waals surface area contributed by atoms with Crippen LogP contribution < -0.4 is 4.90 Å². The average molecular weight is 492 g/mol. The Morgan fingerprint density at radius 2 is 1.75 bits per heavy atom. The van der Waals surface area contributed by atoms with E-state index in [0.29, 0.717) is 25.6 Å². The Bertz CT molecular complexity index is 1050. The molecule has 2 atom stereocenters. The summed E-state index contributed by atoms with van der Waals surface area (Å²) in [5.41, 5.74) is 4.91. The number of piperidine rings is 1. The molecule has 2 saturated heterocycles. The topological polar surface area (TPSA) is 62.3 Å². The van der Waals surface area contributed by atoms with Gasteiger partial charge >= 0.3 is 12.1 Å². The molecule has 0 saturated carbocycles. The second-order valence-electron chi connectivity index (χ2n) is 10.1. The van der Waals surface area contributed by atoms with E-state index in [0.717, 1.165) is 64.1 Å². The van der Waals surface area contributed by atoms with E-state index in [1.807, 2.05) is 42.2 Å². The summed E-state index contributed by atoms with van der Waals surface area (Å²) in [5.74, 6) is 0.428. The van der Waals surface area contributed by atoms with Crippen molar-refractivity contribution in [2.45, 2.75) is 51.2 Å². The average Bonchev–Trinajstić information content (AvgIpc) is 3.21. The van der Waals surface area contributed by atoms with Gasteiger partial charge in [0.15, 0.2) is 0 Å². The zero-order valence-electron chi connectivity index (χ0n) is 21.2. The third-order valence-corrected chi connectivity index (χ3v) is 7.75. The van der Waals surface area contributed by atoms with Crippen molar-refractivity contribution in [2.24, 2.45) is 0 Å². The molecule has 7 heteroatoms. The van der Waals surface area contributed by atoms with Crippen LogP contribution in [0.25, 0.3) is 0 Å². The van der Waals surface area contributed by atoms with Gasteiger partial charge in [-0.1, -0.05) is 43.3 Å². The molecule has 1 aliphatic carbocycles. The third kappa shape index (κ3) is 5.51. The Balaban J connectivity index is 1.18. The van der Waals surface area contributed by atoms with Gasteiger partial charge in [0, 0.05) is 45.0 Å². The first-order valence-corrected chi connectivity index (χ1v) is 13.4. The van der Waals surface area contributed by atoms with Gasteiger partial charge in [-0.2, -0.15) is 0 Å². The minimum atomic E-state index is -0.216. The quantitative estimate of drug-likeness (QED) is 0.498. The van der Waals surface area contributed by atoms with Crippen LogP contribution in [-0.2, 0) is 20.9 Å². The van der Waals surface area contributed by atoms with Gasteiger partial charge in [0.25, 0.3) is 0 Å². The number of amides is 1. The summed E-state index contributed by atoms with van der Waals surface area (Å²) in [6.45, 7) is 8.04. The Labute approximate surface area is 214 Å². The lowest BCUT2D eigenvalue weighted by atomic mass is 9.96. The Morgan fingerprint density at radius 1 is 0.944 bits per heavy atom. The molecule has 2 bridgehead atoms. The number of hydrogen-bond acceptors (Lipinski definition) is 6. The van der Waals surface area contributed by atoms with Gasteiger partial charge in [-0.05, 0) is 54.0 Å². The van der Waals surface area contributed by atoms with E-state index in [9.17, 15) is 9.59 Å². The molecule has 2 aromatic rings. The summed E-state index contributed by atoms with van der Waals surface area (Å²) in [4.78, 5) is 31.5. The van der Waals surface area contributed by atoms with Gasteiger partial charge in [-0.3, -0.25) is 9.69 Å². The summed E-state index contributed by atoms with van der Waals surface area (Å²) < 4.78 is 10.9. The number of esters is 1. The predicted octanol–water partition coefficient (Wildman–Crippen LogP) is 4.72. The number of piperazine rings is 1. The molecule has 0 aromatic heterocycles. The fourth-order valence-electron chi connectivity index (χ4n) is 5.75. The van der Waals surface area contributed by atoms with Crippen LogP contribution >= 0.6 is 0 Å². The third-order valence-electron chi connectivity index (χ3n) is 7.75. The highest BCUT2D eigenvalue weighted by Gasteiger charge is 2.41. The Morgan fingerprint density at radius 3 is 2.53 bits per heavy atom. The summed E-state index contributed by atoms with van der Waals surface area (Å²) in [7, 11) is 0. The number of anilines is 1. The van der Waals surface area contributed by atoms with E-state index < -0.39 is 0 Å². The molecule has 0 N–H and O–H groups in total. The van der Waals surface area contributed by atoms with Crippen molar-refractivity contribution in [3.05, 3.63) is 65.2 Å². The van der Waals surface area contributed by atoms with Gasteiger partial charge in [0.2, 0.25) is 0 Å². The largest absolute Gasteiger partial charge is 0.466 e. The van der Waals surface area contributed by atoms with Crippen molar-refractivity contribution in [3.63, 3.8) is 0 Å². The fourth-order valence-corrected chi connectivity index (χ4v) is 5.75. The lowest BCUT2D eigenvalue weighted by Gasteiger charge is -2.36. The second-order valence-corrected chi connectivity index (χ2v) is 10.1. The number of benzene rings is 2. The van der Waals surface area contributed by atoms with Gasteiger partial charge in [0.1, 0.15) is 6.61 Å². The van der Waals surface area contributed by atoms with E-state index in [2.05, 4.69) is 28.0 Å². The van der Waals surface area contributed by atoms with Crippen LogP contribution in [-0.4, -0.2) is 67.7 Å². The number of likely N-dealkylation sites (tertiary alicyclic amines) is 1. The molecule has 36 heavy (non-hydrogen) atoms. The molecule has 2 aliphatic heterocycles.